The first-order valence-electron chi connectivity index (χ1n) is 18.3. The fourth-order valence-corrected chi connectivity index (χ4v) is 8.59. The molecule has 52 heavy (non-hydrogen) atoms. The van der Waals surface area contributed by atoms with E-state index in [2.05, 4.69) is 150 Å². The molecule has 0 atom stereocenters. The van der Waals surface area contributed by atoms with E-state index in [1.54, 1.807) is 0 Å². The van der Waals surface area contributed by atoms with Crippen LogP contribution in [-0.4, -0.2) is 84.8 Å². The standard InChI is InChI=1S/C46H54N2O2.2Pb/c1-12-31(40-22-20-38(47(8)9)29-42(40)49)16-18-33-14-13-15-34(19-17-32-24-25-50-43-30-39(48(10)11)21-23-41(32)43)44(33)35-26-36(45(2,3)4)28-37(27-35)46(5,6)7;;/h12,16-24,26-30,49H,1,13-15H2,2-11H3;;/p+1/b18-16+,31-12-,32-17+,34-19+;;. The molecule has 268 valence electrons. The molecule has 0 aromatic heterocycles. The van der Waals surface area contributed by atoms with Crippen LogP contribution in [0.15, 0.2) is 106 Å². The van der Waals surface area contributed by atoms with E-state index in [0.717, 1.165) is 112 Å². The maximum atomic E-state index is 8.93. The van der Waals surface area contributed by atoms with Gasteiger partial charge in [-0.25, -0.2) is 0 Å². The topological polar surface area (TPSA) is 38.6 Å². The van der Waals surface area contributed by atoms with Gasteiger partial charge in [0.05, 0.1) is 0 Å². The summed E-state index contributed by atoms with van der Waals surface area (Å²) in [5.41, 5.74) is 14.8. The number of nitrogens with zero attached hydrogens (tertiary/aromatic N) is 2. The Bertz CT molecular complexity index is 1980. The van der Waals surface area contributed by atoms with Gasteiger partial charge in [-0.2, -0.15) is 0 Å². The van der Waals surface area contributed by atoms with Crippen LogP contribution in [0.5, 0.6) is 11.5 Å². The van der Waals surface area contributed by atoms with Crippen molar-refractivity contribution in [2.45, 2.75) is 75.6 Å². The van der Waals surface area contributed by atoms with Crippen molar-refractivity contribution in [2.75, 3.05) is 38.0 Å². The number of anilines is 2. The average molecular weight is 1080 g/mol. The molecule has 3 aromatic rings. The molecule has 6 radical (unpaired) electrons. The number of benzene rings is 3. The summed E-state index contributed by atoms with van der Waals surface area (Å²) in [7, 11) is 8.20. The van der Waals surface area contributed by atoms with Crippen LogP contribution in [0.2, 0.25) is 3.98 Å². The fraction of sp³-hybridized carbons (Fsp3) is 0.348. The minimum absolute atomic E-state index is 0.0146. The van der Waals surface area contributed by atoms with Crippen molar-refractivity contribution in [3.63, 3.8) is 0 Å². The first kappa shape index (κ1) is 40.3. The molecule has 0 saturated carbocycles. The fourth-order valence-electron chi connectivity index (χ4n) is 6.71. The van der Waals surface area contributed by atoms with E-state index in [0.29, 0.717) is 5.75 Å². The van der Waals surface area contributed by atoms with E-state index in [4.69, 9.17) is 9.84 Å². The second kappa shape index (κ2) is 16.7. The molecule has 2 aliphatic rings. The Balaban J connectivity index is 1.71. The van der Waals surface area contributed by atoms with Crippen LogP contribution in [0.4, 0.5) is 11.4 Å². The van der Waals surface area contributed by atoms with Gasteiger partial charge in [-0.1, -0.05) is 0 Å². The van der Waals surface area contributed by atoms with Gasteiger partial charge in [0.25, 0.3) is 0 Å². The maximum absolute atomic E-state index is 8.93. The number of allylic oxidation sites excluding steroid dienone is 11. The summed E-state index contributed by atoms with van der Waals surface area (Å²) in [5, 5.41) is 8.93. The van der Waals surface area contributed by atoms with Crippen molar-refractivity contribution < 1.29 is 9.84 Å². The van der Waals surface area contributed by atoms with E-state index < -0.39 is 0 Å². The predicted octanol–water partition coefficient (Wildman–Crippen LogP) is 10.4. The van der Waals surface area contributed by atoms with Crippen molar-refractivity contribution in [1.82, 2.24) is 0 Å². The summed E-state index contributed by atoms with van der Waals surface area (Å²) in [6.07, 6.45) is 17.0. The van der Waals surface area contributed by atoms with E-state index in [9.17, 15) is 0 Å². The summed E-state index contributed by atoms with van der Waals surface area (Å²) in [4.78, 5) is 4.19. The van der Waals surface area contributed by atoms with E-state index in [-0.39, 0.29) is 10.8 Å². The van der Waals surface area contributed by atoms with Crippen molar-refractivity contribution in [2.24, 2.45) is 0 Å². The van der Waals surface area contributed by atoms with E-state index in [1.807, 2.05) is 20.2 Å². The molecule has 2 N–H and O–H groups in total. The molecule has 1 aliphatic heterocycles. The van der Waals surface area contributed by atoms with Gasteiger partial charge in [-0.05, 0) is 0 Å². The average Bonchev–Trinajstić information content (AvgIpc) is 3.07. The van der Waals surface area contributed by atoms with Crippen LogP contribution in [0.25, 0.3) is 16.7 Å². The molecule has 0 unspecified atom stereocenters. The Morgan fingerprint density at radius 2 is 1.46 bits per heavy atom. The van der Waals surface area contributed by atoms with Crippen LogP contribution < -0.4 is 14.5 Å². The molecule has 3 aromatic carbocycles. The zero-order valence-electron chi connectivity index (χ0n) is 32.8. The summed E-state index contributed by atoms with van der Waals surface area (Å²) in [5.74, 6) is 1.50. The molecular weight excluding hydrogens is 1030 g/mol. The van der Waals surface area contributed by atoms with Gasteiger partial charge in [0.2, 0.25) is 0 Å². The summed E-state index contributed by atoms with van der Waals surface area (Å²) < 4.78 is 8.35. The molecule has 5 rings (SSSR count). The zero-order valence-corrected chi connectivity index (χ0v) is 40.6. The molecule has 0 saturated heterocycles. The van der Waals surface area contributed by atoms with Crippen LogP contribution >= 0.6 is 0 Å². The summed E-state index contributed by atoms with van der Waals surface area (Å²) in [6.45, 7) is 13.9. The summed E-state index contributed by atoms with van der Waals surface area (Å²) in [6, 6.07) is 20.1. The molecule has 4 nitrogen and oxygen atoms in total. The van der Waals surface area contributed by atoms with Crippen LogP contribution in [0, 0.1) is 0 Å². The molecule has 0 amide bonds. The van der Waals surface area contributed by atoms with Crippen LogP contribution in [0.1, 0.15) is 88.6 Å². The third-order valence-corrected chi connectivity index (χ3v) is 11.6. The molecular formula is C46H55N2O2Pb2+. The molecule has 0 fully saturated rings. The molecule has 0 bridgehead atoms. The van der Waals surface area contributed by atoms with E-state index in [1.165, 1.54) is 39.0 Å². The van der Waals surface area contributed by atoms with Crippen molar-refractivity contribution >= 4 is 79.6 Å². The van der Waals surface area contributed by atoms with Gasteiger partial charge in [-0.15, -0.1) is 0 Å². The van der Waals surface area contributed by atoms with E-state index >= 15 is 0 Å². The monoisotopic (exact) mass is 1080 g/mol. The first-order chi connectivity index (χ1) is 24.5. The number of hydrogen-bond donors (Lipinski definition) is 0. The quantitative estimate of drug-likeness (QED) is 0.128. The van der Waals surface area contributed by atoms with Gasteiger partial charge < -0.3 is 0 Å². The van der Waals surface area contributed by atoms with Crippen molar-refractivity contribution in [1.29, 1.82) is 0 Å². The Labute approximate surface area is 345 Å². The van der Waals surface area contributed by atoms with Gasteiger partial charge in [-0.3, -0.25) is 0 Å². The zero-order chi connectivity index (χ0) is 38.0. The van der Waals surface area contributed by atoms with Crippen molar-refractivity contribution in [3.05, 3.63) is 133 Å². The van der Waals surface area contributed by atoms with Gasteiger partial charge in [0.1, 0.15) is 0 Å². The summed E-state index contributed by atoms with van der Waals surface area (Å²) >= 11 is 1.92. The van der Waals surface area contributed by atoms with Crippen LogP contribution in [-0.2, 0) is 10.8 Å². The molecule has 1 aliphatic carbocycles. The third kappa shape index (κ3) is 9.62. The Kier molecular flexibility index (Phi) is 12.9. The van der Waals surface area contributed by atoms with Gasteiger partial charge in [0.15, 0.2) is 0 Å². The third-order valence-electron chi connectivity index (χ3n) is 9.87. The second-order valence-corrected chi connectivity index (χ2v) is 19.9. The molecule has 0 spiro atoms. The minimum atomic E-state index is 0.0146. The number of hydrogen-bond acceptors (Lipinski definition) is 3. The predicted molar refractivity (Wildman–Crippen MR) is 227 cm³/mol. The van der Waals surface area contributed by atoms with Gasteiger partial charge >= 0.3 is 348 Å². The second-order valence-electron chi connectivity index (χ2n) is 16.4. The Morgan fingerprint density at radius 3 is 2.06 bits per heavy atom. The Hall–Kier alpha value is -2.86. The molecule has 6 heteroatoms. The number of ether oxygens (including phenoxy) is 1. The normalized spacial score (nSPS) is 17.1. The molecule has 1 heterocycles. The van der Waals surface area contributed by atoms with Crippen LogP contribution in [0.3, 0.4) is 0 Å². The first-order valence-corrected chi connectivity index (χ1v) is 23.0. The number of rotatable bonds is 8. The number of fused-ring (bicyclic) bond motifs is 1. The Morgan fingerprint density at radius 1 is 0.827 bits per heavy atom. The van der Waals surface area contributed by atoms with Gasteiger partial charge in [0, 0.05) is 0 Å². The SMILES string of the molecule is CN(C)c1ccc(C(=C\[CH2][Pb])/C=C/C2=C(c3cc(C(C)(C)C)cc(C(C)(C)C)c3)C(=C/C=C3\C=[C]([Pb])Oc4cc(N(C)C)ccc43)/CCC2)c([OH2+])c1. The van der Waals surface area contributed by atoms with Crippen molar-refractivity contribution in [3.8, 4) is 11.5 Å².